The molecule has 0 saturated carbocycles. The molecule has 4 N–H and O–H groups in total. The number of aliphatic carboxylic acids is 1. The Balaban J connectivity index is 0.00000441. The van der Waals surface area contributed by atoms with Gasteiger partial charge in [-0.25, -0.2) is 4.98 Å². The van der Waals surface area contributed by atoms with Gasteiger partial charge in [0.05, 0.1) is 19.0 Å². The molecule has 4 aromatic rings. The number of nitrogens with one attached hydrogen (secondary N) is 3. The summed E-state index contributed by atoms with van der Waals surface area (Å²) in [5.41, 5.74) is 2.73. The van der Waals surface area contributed by atoms with Gasteiger partial charge >= 0.3 is 35.5 Å². The molecule has 1 unspecified atom stereocenters. The van der Waals surface area contributed by atoms with Crippen LogP contribution in [0.1, 0.15) is 37.3 Å². The molecule has 0 bridgehead atoms. The monoisotopic (exact) mass is 548 g/mol. The molecule has 2 amide bonds. The second-order valence-electron chi connectivity index (χ2n) is 9.28. The average molecular weight is 549 g/mol. The van der Waals surface area contributed by atoms with E-state index in [1.807, 2.05) is 60.7 Å². The molecule has 3 aromatic carbocycles. The van der Waals surface area contributed by atoms with E-state index >= 15 is 0 Å². The fourth-order valence-corrected chi connectivity index (χ4v) is 4.31. The summed E-state index contributed by atoms with van der Waals surface area (Å²) in [7, 11) is 0. The van der Waals surface area contributed by atoms with Crippen LogP contribution in [0.2, 0.25) is 0 Å². The van der Waals surface area contributed by atoms with Crippen LogP contribution in [0.5, 0.6) is 0 Å². The Kier molecular flexibility index (Phi) is 12.1. The van der Waals surface area contributed by atoms with Crippen LogP contribution in [0.3, 0.4) is 0 Å². The second-order valence-corrected chi connectivity index (χ2v) is 9.28. The van der Waals surface area contributed by atoms with Crippen LogP contribution in [0.15, 0.2) is 91.1 Å². The summed E-state index contributed by atoms with van der Waals surface area (Å²) in [4.78, 5) is 40.3. The minimum atomic E-state index is -1.03. The molecule has 202 valence electrons. The van der Waals surface area contributed by atoms with Crippen molar-refractivity contribution >= 4 is 63.9 Å². The summed E-state index contributed by atoms with van der Waals surface area (Å²) in [5.74, 6) is -0.900. The number of amides is 2. The molecule has 0 spiro atoms. The molecule has 1 heterocycles. The van der Waals surface area contributed by atoms with Crippen molar-refractivity contribution in [1.29, 1.82) is 0 Å². The van der Waals surface area contributed by atoms with Crippen LogP contribution in [-0.2, 0) is 14.4 Å². The second kappa shape index (κ2) is 15.8. The number of hydrogen-bond donors (Lipinski definition) is 4. The quantitative estimate of drug-likeness (QED) is 0.146. The van der Waals surface area contributed by atoms with Crippen LogP contribution in [-0.4, -0.2) is 70.5 Å². The molecule has 0 radical (unpaired) electrons. The predicted molar refractivity (Wildman–Crippen MR) is 159 cm³/mol. The van der Waals surface area contributed by atoms with Crippen molar-refractivity contribution in [2.75, 3.05) is 18.4 Å². The van der Waals surface area contributed by atoms with Crippen LogP contribution in [0.25, 0.3) is 21.9 Å². The first kappa shape index (κ1) is 30.8. The van der Waals surface area contributed by atoms with Crippen LogP contribution >= 0.6 is 0 Å². The maximum absolute atomic E-state index is 12.5. The van der Waals surface area contributed by atoms with E-state index in [0.717, 1.165) is 34.1 Å². The van der Waals surface area contributed by atoms with Gasteiger partial charge in [0, 0.05) is 19.2 Å². The summed E-state index contributed by atoms with van der Waals surface area (Å²) < 4.78 is 0. The Morgan fingerprint density at radius 1 is 0.800 bits per heavy atom. The van der Waals surface area contributed by atoms with Gasteiger partial charge in [0.1, 0.15) is 5.82 Å². The summed E-state index contributed by atoms with van der Waals surface area (Å²) >= 11 is 0. The molecule has 4 rings (SSSR count). The van der Waals surface area contributed by atoms with E-state index < -0.39 is 17.9 Å². The first-order valence-corrected chi connectivity index (χ1v) is 13.0. The van der Waals surface area contributed by atoms with E-state index in [-0.39, 0.29) is 48.4 Å². The predicted octanol–water partition coefficient (Wildman–Crippen LogP) is 4.28. The molecule has 0 aliphatic heterocycles. The van der Waals surface area contributed by atoms with E-state index in [4.69, 9.17) is 0 Å². The number of rotatable bonds is 13. The summed E-state index contributed by atoms with van der Waals surface area (Å²) in [6.45, 7) is 0.484. The van der Waals surface area contributed by atoms with Crippen LogP contribution in [0, 0.1) is 0 Å². The van der Waals surface area contributed by atoms with E-state index in [0.29, 0.717) is 24.9 Å². The number of carboxylic acids is 1. The Hall–Kier alpha value is -3.72. The third-order valence-electron chi connectivity index (χ3n) is 6.36. The Bertz CT molecular complexity index is 1410. The number of fused-ring (bicyclic) bond motifs is 1. The van der Waals surface area contributed by atoms with Crippen LogP contribution < -0.4 is 16.0 Å². The molecular formula is C31H33N4NaO4. The Morgan fingerprint density at radius 2 is 1.52 bits per heavy atom. The zero-order valence-corrected chi connectivity index (χ0v) is 21.6. The summed E-state index contributed by atoms with van der Waals surface area (Å²) in [6.07, 6.45) is 3.19. The third-order valence-corrected chi connectivity index (χ3v) is 6.36. The summed E-state index contributed by atoms with van der Waals surface area (Å²) in [5, 5.41) is 20.2. The van der Waals surface area contributed by atoms with Gasteiger partial charge in [0.15, 0.2) is 0 Å². The number of carbonyl (C=O) groups is 3. The molecule has 1 aromatic heterocycles. The van der Waals surface area contributed by atoms with Crippen molar-refractivity contribution in [2.45, 2.75) is 31.7 Å². The van der Waals surface area contributed by atoms with Gasteiger partial charge in [-0.2, -0.15) is 0 Å². The molecular weight excluding hydrogens is 515 g/mol. The number of nitrogens with zero attached hydrogens (tertiary/aromatic N) is 1. The normalized spacial score (nSPS) is 11.2. The molecule has 0 fully saturated rings. The number of benzene rings is 3. The van der Waals surface area contributed by atoms with Crippen molar-refractivity contribution in [1.82, 2.24) is 15.6 Å². The third kappa shape index (κ3) is 9.48. The van der Waals surface area contributed by atoms with Gasteiger partial charge in [-0.1, -0.05) is 66.7 Å². The fourth-order valence-electron chi connectivity index (χ4n) is 4.31. The molecule has 9 heteroatoms. The van der Waals surface area contributed by atoms with Crippen molar-refractivity contribution in [2.24, 2.45) is 0 Å². The van der Waals surface area contributed by atoms with E-state index in [2.05, 4.69) is 45.2 Å². The first-order chi connectivity index (χ1) is 19.0. The van der Waals surface area contributed by atoms with Crippen LogP contribution in [0.4, 0.5) is 5.82 Å². The number of anilines is 1. The van der Waals surface area contributed by atoms with Gasteiger partial charge < -0.3 is 21.1 Å². The zero-order chi connectivity index (χ0) is 27.5. The topological polar surface area (TPSA) is 120 Å². The molecule has 0 saturated heterocycles. The Morgan fingerprint density at radius 3 is 2.25 bits per heavy atom. The molecule has 40 heavy (non-hydrogen) atoms. The molecule has 0 aliphatic rings. The fraction of sp³-hybridized carbons (Fsp3) is 0.226. The Labute approximate surface area is 255 Å². The van der Waals surface area contributed by atoms with Crippen molar-refractivity contribution in [3.8, 4) is 11.1 Å². The molecule has 0 aliphatic carbocycles. The van der Waals surface area contributed by atoms with Gasteiger partial charge in [-0.3, -0.25) is 14.4 Å². The van der Waals surface area contributed by atoms with E-state index in [9.17, 15) is 19.5 Å². The maximum atomic E-state index is 12.5. The first-order valence-electron chi connectivity index (χ1n) is 13.0. The number of aromatic nitrogens is 1. The zero-order valence-electron chi connectivity index (χ0n) is 21.6. The minimum absolute atomic E-state index is 0. The standard InChI is InChI=1S/C31H32N4O4.Na.H/c36-29(10-4-6-18-33-28-9-3-5-17-32-28)34-21-30(37)35-27(20-31(38)39)24-14-11-23(12-15-24)26-16-13-22-7-1-2-8-25(22)19-26;;/h1-3,5,7-9,11-17,19,27H,4,6,10,18,20-21H2,(H,32,33)(H,34,36)(H,35,37)(H,38,39);;. The van der Waals surface area contributed by atoms with Crippen molar-refractivity contribution in [3.63, 3.8) is 0 Å². The number of unbranched alkanes of at least 4 members (excludes halogenated alkanes) is 1. The number of pyridine rings is 1. The van der Waals surface area contributed by atoms with E-state index in [1.54, 1.807) is 6.20 Å². The number of hydrogen-bond acceptors (Lipinski definition) is 5. The van der Waals surface area contributed by atoms with Gasteiger partial charge in [-0.15, -0.1) is 0 Å². The molecule has 1 atom stereocenters. The number of carbonyl (C=O) groups excluding carboxylic acids is 2. The molecule has 8 nitrogen and oxygen atoms in total. The average Bonchev–Trinajstić information content (AvgIpc) is 2.96. The van der Waals surface area contributed by atoms with Gasteiger partial charge in [-0.05, 0) is 58.5 Å². The van der Waals surface area contributed by atoms with Crippen molar-refractivity contribution < 1.29 is 19.5 Å². The summed E-state index contributed by atoms with van der Waals surface area (Å²) in [6, 6.07) is 26.8. The SMILES string of the molecule is O=C(O)CC(NC(=O)CNC(=O)CCCCNc1ccccn1)c1ccc(-c2ccc3ccccc3c2)cc1.[NaH]. The number of carboxylic acid groups (broad SMARTS) is 1. The van der Waals surface area contributed by atoms with Crippen molar-refractivity contribution in [3.05, 3.63) is 96.7 Å². The van der Waals surface area contributed by atoms with Gasteiger partial charge in [0.2, 0.25) is 11.8 Å². The van der Waals surface area contributed by atoms with Gasteiger partial charge in [0.25, 0.3) is 0 Å². The van der Waals surface area contributed by atoms with E-state index in [1.165, 1.54) is 0 Å².